The molecular formula is C25H28N2O2S. The maximum absolute atomic E-state index is 12.9. The van der Waals surface area contributed by atoms with Crippen LogP contribution in [-0.4, -0.2) is 18.1 Å². The molecule has 0 saturated heterocycles. The van der Waals surface area contributed by atoms with Crippen molar-refractivity contribution in [2.24, 2.45) is 0 Å². The van der Waals surface area contributed by atoms with E-state index in [0.717, 1.165) is 34.4 Å². The topological polar surface area (TPSA) is 46.3 Å². The third kappa shape index (κ3) is 3.63. The standard InChI is InChI=1S/C25H28N2O2S/c1-7-27(8-2)17-10-9-16-13-18(24(28)29-20(16)14-17)23-26-22-19(25(4,5)6)11-15(3)12-21(22)30-23/h9-14H,7-8H2,1-6H3. The van der Waals surface area contributed by atoms with Crippen molar-refractivity contribution in [3.8, 4) is 10.6 Å². The Labute approximate surface area is 181 Å². The summed E-state index contributed by atoms with van der Waals surface area (Å²) in [6, 6.07) is 12.3. The summed E-state index contributed by atoms with van der Waals surface area (Å²) in [4.78, 5) is 20.0. The normalized spacial score (nSPS) is 12.1. The fourth-order valence-electron chi connectivity index (χ4n) is 3.89. The highest BCUT2D eigenvalue weighted by Crippen LogP contribution is 2.37. The zero-order valence-corrected chi connectivity index (χ0v) is 19.3. The lowest BCUT2D eigenvalue weighted by atomic mass is 9.85. The zero-order chi connectivity index (χ0) is 21.6. The molecule has 0 radical (unpaired) electrons. The number of benzene rings is 2. The third-order valence-corrected chi connectivity index (χ3v) is 6.56. The lowest BCUT2D eigenvalue weighted by molar-refractivity contribution is 0.563. The van der Waals surface area contributed by atoms with Crippen molar-refractivity contribution in [1.82, 2.24) is 4.98 Å². The minimum atomic E-state index is -0.340. The fourth-order valence-corrected chi connectivity index (χ4v) is 4.98. The van der Waals surface area contributed by atoms with Crippen molar-refractivity contribution >= 4 is 38.2 Å². The molecular weight excluding hydrogens is 392 g/mol. The molecule has 0 bridgehead atoms. The van der Waals surface area contributed by atoms with Crippen molar-refractivity contribution in [3.63, 3.8) is 0 Å². The van der Waals surface area contributed by atoms with E-state index in [1.807, 2.05) is 18.2 Å². The smallest absolute Gasteiger partial charge is 0.346 e. The maximum Gasteiger partial charge on any atom is 0.346 e. The van der Waals surface area contributed by atoms with Gasteiger partial charge in [-0.05, 0) is 61.6 Å². The number of aromatic nitrogens is 1. The molecule has 2 aromatic heterocycles. The van der Waals surface area contributed by atoms with Gasteiger partial charge in [0.15, 0.2) is 0 Å². The van der Waals surface area contributed by atoms with Gasteiger partial charge >= 0.3 is 5.63 Å². The number of aryl methyl sites for hydroxylation is 1. The van der Waals surface area contributed by atoms with Crippen LogP contribution in [0, 0.1) is 6.92 Å². The molecule has 0 amide bonds. The monoisotopic (exact) mass is 420 g/mol. The molecule has 0 aliphatic rings. The Balaban J connectivity index is 1.87. The van der Waals surface area contributed by atoms with Gasteiger partial charge in [0.1, 0.15) is 10.6 Å². The van der Waals surface area contributed by atoms with Crippen molar-refractivity contribution in [1.29, 1.82) is 0 Å². The predicted octanol–water partition coefficient (Wildman–Crippen LogP) is 6.52. The first-order chi connectivity index (χ1) is 14.2. The number of nitrogens with zero attached hydrogens (tertiary/aromatic N) is 2. The summed E-state index contributed by atoms with van der Waals surface area (Å²) >= 11 is 1.55. The van der Waals surface area contributed by atoms with Gasteiger partial charge in [-0.2, -0.15) is 0 Å². The van der Waals surface area contributed by atoms with Crippen molar-refractivity contribution in [2.75, 3.05) is 18.0 Å². The van der Waals surface area contributed by atoms with E-state index in [4.69, 9.17) is 9.40 Å². The largest absolute Gasteiger partial charge is 0.422 e. The van der Waals surface area contributed by atoms with Gasteiger partial charge in [-0.3, -0.25) is 0 Å². The van der Waals surface area contributed by atoms with E-state index >= 15 is 0 Å². The molecule has 0 saturated carbocycles. The zero-order valence-electron chi connectivity index (χ0n) is 18.5. The molecule has 5 heteroatoms. The molecule has 30 heavy (non-hydrogen) atoms. The molecule has 0 aliphatic heterocycles. The Bertz CT molecular complexity index is 1290. The SMILES string of the molecule is CCN(CC)c1ccc2cc(-c3nc4c(C(C)(C)C)cc(C)cc4s3)c(=O)oc2c1. The number of thiazole rings is 1. The number of anilines is 1. The summed E-state index contributed by atoms with van der Waals surface area (Å²) in [7, 11) is 0. The van der Waals surface area contributed by atoms with Crippen LogP contribution in [0.15, 0.2) is 45.6 Å². The molecule has 0 fully saturated rings. The second-order valence-electron chi connectivity index (χ2n) is 8.77. The van der Waals surface area contributed by atoms with Crippen LogP contribution >= 0.6 is 11.3 Å². The van der Waals surface area contributed by atoms with Crippen molar-refractivity contribution < 1.29 is 4.42 Å². The van der Waals surface area contributed by atoms with Crippen LogP contribution in [0.1, 0.15) is 45.7 Å². The summed E-state index contributed by atoms with van der Waals surface area (Å²) in [6.07, 6.45) is 0. The van der Waals surface area contributed by atoms with Gasteiger partial charge < -0.3 is 9.32 Å². The third-order valence-electron chi connectivity index (χ3n) is 5.53. The van der Waals surface area contributed by atoms with Crippen LogP contribution in [0.5, 0.6) is 0 Å². The number of rotatable bonds is 4. The number of hydrogen-bond donors (Lipinski definition) is 0. The van der Waals surface area contributed by atoms with E-state index < -0.39 is 0 Å². The van der Waals surface area contributed by atoms with Crippen LogP contribution < -0.4 is 10.5 Å². The summed E-state index contributed by atoms with van der Waals surface area (Å²) in [6.45, 7) is 14.7. The van der Waals surface area contributed by atoms with E-state index in [0.29, 0.717) is 16.2 Å². The average molecular weight is 421 g/mol. The second-order valence-corrected chi connectivity index (χ2v) is 9.80. The van der Waals surface area contributed by atoms with E-state index in [9.17, 15) is 4.79 Å². The Morgan fingerprint density at radius 3 is 2.47 bits per heavy atom. The fraction of sp³-hybridized carbons (Fsp3) is 0.360. The van der Waals surface area contributed by atoms with Crippen LogP contribution in [0.3, 0.4) is 0 Å². The first-order valence-corrected chi connectivity index (χ1v) is 11.3. The minimum absolute atomic E-state index is 0.0233. The maximum atomic E-state index is 12.9. The molecule has 156 valence electrons. The van der Waals surface area contributed by atoms with E-state index in [2.05, 4.69) is 64.6 Å². The van der Waals surface area contributed by atoms with Gasteiger partial charge in [-0.1, -0.05) is 26.8 Å². The number of fused-ring (bicyclic) bond motifs is 2. The Morgan fingerprint density at radius 1 is 1.07 bits per heavy atom. The molecule has 0 aliphatic carbocycles. The van der Waals surface area contributed by atoms with Crippen LogP contribution in [-0.2, 0) is 5.41 Å². The highest BCUT2D eigenvalue weighted by Gasteiger charge is 2.21. The summed E-state index contributed by atoms with van der Waals surface area (Å²) in [5.74, 6) is 0. The van der Waals surface area contributed by atoms with Crippen LogP contribution in [0.2, 0.25) is 0 Å². The Kier molecular flexibility index (Phi) is 5.18. The average Bonchev–Trinajstić information content (AvgIpc) is 3.10. The molecule has 0 N–H and O–H groups in total. The molecule has 0 spiro atoms. The quantitative estimate of drug-likeness (QED) is 0.353. The number of hydrogen-bond acceptors (Lipinski definition) is 5. The van der Waals surface area contributed by atoms with Crippen LogP contribution in [0.4, 0.5) is 5.69 Å². The van der Waals surface area contributed by atoms with Gasteiger partial charge in [0.25, 0.3) is 0 Å². The predicted molar refractivity (Wildman–Crippen MR) is 128 cm³/mol. The molecule has 4 aromatic rings. The van der Waals surface area contributed by atoms with Gasteiger partial charge in [-0.15, -0.1) is 11.3 Å². The van der Waals surface area contributed by atoms with Crippen LogP contribution in [0.25, 0.3) is 31.8 Å². The molecule has 4 rings (SSSR count). The first-order valence-electron chi connectivity index (χ1n) is 10.5. The van der Waals surface area contributed by atoms with E-state index in [1.54, 1.807) is 11.3 Å². The lowest BCUT2D eigenvalue weighted by Gasteiger charge is -2.20. The second kappa shape index (κ2) is 7.55. The van der Waals surface area contributed by atoms with Gasteiger partial charge in [0, 0.05) is 30.2 Å². The Hall–Kier alpha value is -2.66. The summed E-state index contributed by atoms with van der Waals surface area (Å²) in [5.41, 5.74) is 5.22. The molecule has 2 aromatic carbocycles. The first kappa shape index (κ1) is 20.6. The minimum Gasteiger partial charge on any atom is -0.422 e. The summed E-state index contributed by atoms with van der Waals surface area (Å²) < 4.78 is 6.83. The van der Waals surface area contributed by atoms with Gasteiger partial charge in [0.05, 0.1) is 15.8 Å². The summed E-state index contributed by atoms with van der Waals surface area (Å²) in [5, 5.41) is 1.62. The Morgan fingerprint density at radius 2 is 1.80 bits per heavy atom. The highest BCUT2D eigenvalue weighted by molar-refractivity contribution is 7.21. The van der Waals surface area contributed by atoms with E-state index in [-0.39, 0.29) is 11.0 Å². The van der Waals surface area contributed by atoms with Crippen molar-refractivity contribution in [3.05, 3.63) is 57.9 Å². The van der Waals surface area contributed by atoms with E-state index in [1.165, 1.54) is 11.1 Å². The van der Waals surface area contributed by atoms with Gasteiger partial charge in [-0.25, -0.2) is 9.78 Å². The molecule has 4 nitrogen and oxygen atoms in total. The van der Waals surface area contributed by atoms with Gasteiger partial charge in [0.2, 0.25) is 0 Å². The molecule has 0 unspecified atom stereocenters. The molecule has 0 atom stereocenters. The highest BCUT2D eigenvalue weighted by atomic mass is 32.1. The molecule has 2 heterocycles. The lowest BCUT2D eigenvalue weighted by Crippen LogP contribution is -2.21. The van der Waals surface area contributed by atoms with Crippen molar-refractivity contribution in [2.45, 2.75) is 47.0 Å².